The third-order valence-electron chi connectivity index (χ3n) is 4.15. The Morgan fingerprint density at radius 3 is 2.70 bits per heavy atom. The fourth-order valence-corrected chi connectivity index (χ4v) is 3.31. The first-order valence-electron chi connectivity index (χ1n) is 8.37. The molecule has 0 atom stereocenters. The number of hydrogen-bond donors (Lipinski definition) is 2. The SMILES string of the molecule is Cc1ncc(COc2ccc3oc(C)c(C(=O)NC(C)(C)C(N)=O)c3c2)s1. The number of benzene rings is 1. The van der Waals surface area contributed by atoms with Gasteiger partial charge in [0, 0.05) is 11.6 Å². The molecule has 2 heterocycles. The highest BCUT2D eigenvalue weighted by Gasteiger charge is 2.29. The highest BCUT2D eigenvalue weighted by molar-refractivity contribution is 7.11. The van der Waals surface area contributed by atoms with Crippen LogP contribution in [0.1, 0.15) is 39.9 Å². The van der Waals surface area contributed by atoms with Crippen LogP contribution in [0.2, 0.25) is 0 Å². The van der Waals surface area contributed by atoms with Crippen molar-refractivity contribution >= 4 is 34.1 Å². The van der Waals surface area contributed by atoms with Gasteiger partial charge in [-0.2, -0.15) is 0 Å². The van der Waals surface area contributed by atoms with Crippen molar-refractivity contribution in [2.75, 3.05) is 0 Å². The minimum Gasteiger partial charge on any atom is -0.488 e. The summed E-state index contributed by atoms with van der Waals surface area (Å²) in [6.45, 7) is 7.14. The number of aromatic nitrogens is 1. The molecule has 0 fully saturated rings. The van der Waals surface area contributed by atoms with Gasteiger partial charge in [-0.1, -0.05) is 0 Å². The van der Waals surface area contributed by atoms with E-state index in [2.05, 4.69) is 10.3 Å². The maximum absolute atomic E-state index is 12.7. The molecule has 0 saturated carbocycles. The molecule has 0 aliphatic carbocycles. The summed E-state index contributed by atoms with van der Waals surface area (Å²) < 4.78 is 11.5. The molecule has 8 heteroatoms. The Kier molecular flexibility index (Phi) is 4.93. The van der Waals surface area contributed by atoms with Crippen LogP contribution < -0.4 is 15.8 Å². The average molecular weight is 387 g/mol. The van der Waals surface area contributed by atoms with Crippen LogP contribution >= 0.6 is 11.3 Å². The van der Waals surface area contributed by atoms with E-state index >= 15 is 0 Å². The first kappa shape index (κ1) is 18.9. The third kappa shape index (κ3) is 3.95. The molecule has 0 aliphatic heterocycles. The molecule has 0 radical (unpaired) electrons. The summed E-state index contributed by atoms with van der Waals surface area (Å²) in [7, 11) is 0. The van der Waals surface area contributed by atoms with Gasteiger partial charge < -0.3 is 20.2 Å². The zero-order chi connectivity index (χ0) is 19.8. The van der Waals surface area contributed by atoms with Crippen molar-refractivity contribution in [3.63, 3.8) is 0 Å². The standard InChI is InChI=1S/C19H21N3O4S/c1-10-16(17(23)22-19(3,4)18(20)24)14-7-12(5-6-15(14)26-10)25-9-13-8-21-11(2)27-13/h5-8H,9H2,1-4H3,(H2,20,24)(H,22,23). The van der Waals surface area contributed by atoms with Crippen molar-refractivity contribution < 1.29 is 18.7 Å². The van der Waals surface area contributed by atoms with E-state index in [1.54, 1.807) is 56.5 Å². The van der Waals surface area contributed by atoms with Gasteiger partial charge in [-0.05, 0) is 45.9 Å². The summed E-state index contributed by atoms with van der Waals surface area (Å²) in [6, 6.07) is 5.30. The maximum Gasteiger partial charge on any atom is 0.256 e. The largest absolute Gasteiger partial charge is 0.488 e. The van der Waals surface area contributed by atoms with E-state index in [1.165, 1.54) is 0 Å². The van der Waals surface area contributed by atoms with Gasteiger partial charge in [-0.15, -0.1) is 11.3 Å². The minimum absolute atomic E-state index is 0.360. The van der Waals surface area contributed by atoms with Gasteiger partial charge in [0.1, 0.15) is 29.2 Å². The number of carbonyl (C=O) groups excluding carboxylic acids is 2. The van der Waals surface area contributed by atoms with Gasteiger partial charge in [-0.3, -0.25) is 9.59 Å². The normalized spacial score (nSPS) is 11.6. The number of nitrogens with zero attached hydrogens (tertiary/aromatic N) is 1. The number of carbonyl (C=O) groups is 2. The van der Waals surface area contributed by atoms with Crippen LogP contribution in [0.15, 0.2) is 28.8 Å². The van der Waals surface area contributed by atoms with Gasteiger partial charge >= 0.3 is 0 Å². The molecule has 3 aromatic rings. The molecular formula is C19H21N3O4S. The lowest BCUT2D eigenvalue weighted by Crippen LogP contribution is -2.53. The zero-order valence-electron chi connectivity index (χ0n) is 15.6. The van der Waals surface area contributed by atoms with Gasteiger partial charge in [0.15, 0.2) is 0 Å². The lowest BCUT2D eigenvalue weighted by atomic mass is 10.0. The fraction of sp³-hybridized carbons (Fsp3) is 0.316. The third-order valence-corrected chi connectivity index (χ3v) is 5.04. The molecule has 0 bridgehead atoms. The molecule has 3 rings (SSSR count). The number of furan rings is 1. The maximum atomic E-state index is 12.7. The van der Waals surface area contributed by atoms with Gasteiger partial charge in [0.05, 0.1) is 15.4 Å². The first-order valence-corrected chi connectivity index (χ1v) is 9.18. The number of fused-ring (bicyclic) bond motifs is 1. The number of primary amides is 1. The van der Waals surface area contributed by atoms with Crippen molar-refractivity contribution in [3.8, 4) is 5.75 Å². The Bertz CT molecular complexity index is 1020. The van der Waals surface area contributed by atoms with E-state index in [9.17, 15) is 9.59 Å². The molecule has 3 N–H and O–H groups in total. The molecule has 0 saturated heterocycles. The van der Waals surface area contributed by atoms with Crippen molar-refractivity contribution in [2.24, 2.45) is 5.73 Å². The fourth-order valence-electron chi connectivity index (χ4n) is 2.61. The second-order valence-corrected chi connectivity index (χ2v) is 8.09. The molecular weight excluding hydrogens is 366 g/mol. The van der Waals surface area contributed by atoms with Crippen LogP contribution in [-0.2, 0) is 11.4 Å². The van der Waals surface area contributed by atoms with Crippen LogP contribution in [0.4, 0.5) is 0 Å². The summed E-state index contributed by atoms with van der Waals surface area (Å²) in [5, 5.41) is 4.24. The predicted molar refractivity (Wildman–Crippen MR) is 103 cm³/mol. The van der Waals surface area contributed by atoms with Crippen molar-refractivity contribution in [1.82, 2.24) is 10.3 Å². The van der Waals surface area contributed by atoms with Crippen LogP contribution in [0.3, 0.4) is 0 Å². The molecule has 0 spiro atoms. The van der Waals surface area contributed by atoms with E-state index in [-0.39, 0.29) is 0 Å². The number of rotatable bonds is 6. The topological polar surface area (TPSA) is 107 Å². The Labute approximate surface area is 160 Å². The quantitative estimate of drug-likeness (QED) is 0.676. The second-order valence-electron chi connectivity index (χ2n) is 6.77. The van der Waals surface area contributed by atoms with E-state index in [1.807, 2.05) is 6.92 Å². The van der Waals surface area contributed by atoms with Crippen molar-refractivity contribution in [1.29, 1.82) is 0 Å². The lowest BCUT2D eigenvalue weighted by molar-refractivity contribution is -0.122. The summed E-state index contributed by atoms with van der Waals surface area (Å²) in [4.78, 5) is 29.4. The number of ether oxygens (including phenoxy) is 1. The van der Waals surface area contributed by atoms with Crippen LogP contribution in [-0.4, -0.2) is 22.3 Å². The predicted octanol–water partition coefficient (Wildman–Crippen LogP) is 3.08. The Morgan fingerprint density at radius 2 is 2.07 bits per heavy atom. The van der Waals surface area contributed by atoms with Crippen LogP contribution in [0.25, 0.3) is 11.0 Å². The molecule has 1 aromatic carbocycles. The van der Waals surface area contributed by atoms with E-state index in [0.717, 1.165) is 9.88 Å². The highest BCUT2D eigenvalue weighted by Crippen LogP contribution is 2.30. The molecule has 142 valence electrons. The van der Waals surface area contributed by atoms with Gasteiger partial charge in [0.25, 0.3) is 5.91 Å². The number of nitrogens with two attached hydrogens (primary N) is 1. The Balaban J connectivity index is 1.88. The number of thiazole rings is 1. The van der Waals surface area contributed by atoms with E-state index in [4.69, 9.17) is 14.9 Å². The van der Waals surface area contributed by atoms with E-state index in [0.29, 0.717) is 34.6 Å². The smallest absolute Gasteiger partial charge is 0.256 e. The molecule has 27 heavy (non-hydrogen) atoms. The summed E-state index contributed by atoms with van der Waals surface area (Å²) in [6.07, 6.45) is 1.78. The van der Waals surface area contributed by atoms with Crippen LogP contribution in [0.5, 0.6) is 5.75 Å². The first-order chi connectivity index (χ1) is 12.7. The molecule has 2 aromatic heterocycles. The average Bonchev–Trinajstić information content (AvgIpc) is 3.14. The Hall–Kier alpha value is -2.87. The van der Waals surface area contributed by atoms with E-state index < -0.39 is 17.4 Å². The van der Waals surface area contributed by atoms with Crippen LogP contribution in [0, 0.1) is 13.8 Å². The number of aryl methyl sites for hydroxylation is 2. The van der Waals surface area contributed by atoms with Crippen molar-refractivity contribution in [2.45, 2.75) is 39.8 Å². The van der Waals surface area contributed by atoms with Gasteiger partial charge in [-0.25, -0.2) is 4.98 Å². The second kappa shape index (κ2) is 7.03. The molecule has 0 unspecified atom stereocenters. The summed E-state index contributed by atoms with van der Waals surface area (Å²) in [5.74, 6) is 0.0195. The number of hydrogen-bond acceptors (Lipinski definition) is 6. The molecule has 2 amide bonds. The number of nitrogens with one attached hydrogen (secondary N) is 1. The molecule has 0 aliphatic rings. The van der Waals surface area contributed by atoms with Gasteiger partial charge in [0.2, 0.25) is 5.91 Å². The summed E-state index contributed by atoms with van der Waals surface area (Å²) >= 11 is 1.57. The Morgan fingerprint density at radius 1 is 1.33 bits per heavy atom. The minimum atomic E-state index is -1.18. The summed E-state index contributed by atoms with van der Waals surface area (Å²) in [5.41, 5.74) is 5.09. The monoisotopic (exact) mass is 387 g/mol. The number of amides is 2. The van der Waals surface area contributed by atoms with Crippen molar-refractivity contribution in [3.05, 3.63) is 45.6 Å². The molecule has 7 nitrogen and oxygen atoms in total. The lowest BCUT2D eigenvalue weighted by Gasteiger charge is -2.22. The zero-order valence-corrected chi connectivity index (χ0v) is 16.4. The highest BCUT2D eigenvalue weighted by atomic mass is 32.1.